The lowest BCUT2D eigenvalue weighted by Gasteiger charge is -2.45. The van der Waals surface area contributed by atoms with Gasteiger partial charge in [-0.15, -0.1) is 0 Å². The lowest BCUT2D eigenvalue weighted by Crippen LogP contribution is -2.50. The van der Waals surface area contributed by atoms with E-state index in [9.17, 15) is 18.9 Å². The standard InChI is InChI=1S/C34H45ClN2O5S/c1-5-7-26-18-29(35)12-15-31(26)28-20-37(4)19-27-11-16-32(27)34(40,22-38)17-6-8-23(2)24(3)43(41)36-33(39)25-9-13-30(14-10-25)42-21-28/h6,9-10,12-15,17-18,22-24,27-28,32,40H,5,7-8,11,16,19-21H2,1-4H3,(H,36,39)/b17-6+. The van der Waals surface area contributed by atoms with Gasteiger partial charge in [-0.3, -0.25) is 14.3 Å². The summed E-state index contributed by atoms with van der Waals surface area (Å²) >= 11 is 6.38. The molecule has 0 saturated heterocycles. The van der Waals surface area contributed by atoms with Gasteiger partial charge in [-0.25, -0.2) is 4.21 Å². The third-order valence-corrected chi connectivity index (χ3v) is 10.9. The molecule has 2 bridgehead atoms. The van der Waals surface area contributed by atoms with Crippen molar-refractivity contribution in [1.29, 1.82) is 0 Å². The number of aryl methyl sites for hydroxylation is 1. The van der Waals surface area contributed by atoms with Crippen molar-refractivity contribution in [3.8, 4) is 5.75 Å². The number of halogens is 1. The van der Waals surface area contributed by atoms with E-state index in [0.29, 0.717) is 35.6 Å². The molecule has 0 aromatic heterocycles. The molecule has 3 aliphatic rings. The maximum absolute atomic E-state index is 13.0. The van der Waals surface area contributed by atoms with Crippen LogP contribution in [-0.4, -0.2) is 64.0 Å². The van der Waals surface area contributed by atoms with E-state index in [1.165, 1.54) is 11.1 Å². The fourth-order valence-corrected chi connectivity index (χ4v) is 7.43. The molecule has 5 rings (SSSR count). The van der Waals surface area contributed by atoms with Crippen molar-refractivity contribution < 1.29 is 23.6 Å². The van der Waals surface area contributed by atoms with Gasteiger partial charge in [-0.1, -0.05) is 44.0 Å². The SMILES string of the molecule is CCCc1cc(Cl)ccc1C1COc2ccc(cc2)C(=O)NS(=O)C(C)C(C)C/C=C/C(O)(C=O)C2CCC2CN(C)C1. The summed E-state index contributed by atoms with van der Waals surface area (Å²) in [7, 11) is 0.475. The maximum Gasteiger partial charge on any atom is 0.262 e. The maximum atomic E-state index is 13.0. The average molecular weight is 629 g/mol. The van der Waals surface area contributed by atoms with Gasteiger partial charge in [0.25, 0.3) is 5.91 Å². The van der Waals surface area contributed by atoms with Crippen LogP contribution in [0, 0.1) is 17.8 Å². The number of nitrogens with zero attached hydrogens (tertiary/aromatic N) is 1. The van der Waals surface area contributed by atoms with Crippen molar-refractivity contribution in [2.45, 2.75) is 69.6 Å². The van der Waals surface area contributed by atoms with Gasteiger partial charge in [0.1, 0.15) is 22.3 Å². The first-order chi connectivity index (χ1) is 20.5. The Bertz CT molecular complexity index is 1320. The first kappa shape index (κ1) is 33.4. The van der Waals surface area contributed by atoms with Crippen LogP contribution in [0.2, 0.25) is 5.02 Å². The van der Waals surface area contributed by atoms with Crippen molar-refractivity contribution in [2.24, 2.45) is 17.8 Å². The predicted molar refractivity (Wildman–Crippen MR) is 173 cm³/mol. The lowest BCUT2D eigenvalue weighted by molar-refractivity contribution is -0.131. The molecule has 234 valence electrons. The van der Waals surface area contributed by atoms with Crippen molar-refractivity contribution in [3.05, 3.63) is 76.3 Å². The number of aliphatic hydroxyl groups is 1. The minimum absolute atomic E-state index is 0.0367. The molecule has 7 unspecified atom stereocenters. The minimum atomic E-state index is -1.61. The van der Waals surface area contributed by atoms with Gasteiger partial charge in [0.2, 0.25) is 0 Å². The molecule has 2 aliphatic heterocycles. The predicted octanol–water partition coefficient (Wildman–Crippen LogP) is 5.72. The van der Waals surface area contributed by atoms with Gasteiger partial charge in [-0.2, -0.15) is 0 Å². The van der Waals surface area contributed by atoms with E-state index in [1.807, 2.05) is 32.1 Å². The van der Waals surface area contributed by atoms with E-state index in [-0.39, 0.29) is 28.9 Å². The van der Waals surface area contributed by atoms with Crippen molar-refractivity contribution in [2.75, 3.05) is 26.7 Å². The molecular weight excluding hydrogens is 584 g/mol. The number of rotatable bonds is 4. The number of carbonyl (C=O) groups excluding carboxylic acids is 2. The van der Waals surface area contributed by atoms with E-state index in [2.05, 4.69) is 29.7 Å². The van der Waals surface area contributed by atoms with Gasteiger partial charge in [0, 0.05) is 35.5 Å². The number of benzene rings is 2. The smallest absolute Gasteiger partial charge is 0.262 e. The highest BCUT2D eigenvalue weighted by atomic mass is 35.5. The number of aldehydes is 1. The minimum Gasteiger partial charge on any atom is -0.493 e. The molecule has 2 heterocycles. The van der Waals surface area contributed by atoms with E-state index in [1.54, 1.807) is 30.3 Å². The van der Waals surface area contributed by atoms with Gasteiger partial charge >= 0.3 is 0 Å². The number of fused-ring (bicyclic) bond motifs is 14. The second kappa shape index (κ2) is 15.0. The summed E-state index contributed by atoms with van der Waals surface area (Å²) in [6, 6.07) is 13.0. The summed E-state index contributed by atoms with van der Waals surface area (Å²) in [5.41, 5.74) is 1.25. The zero-order valence-electron chi connectivity index (χ0n) is 25.6. The second-order valence-electron chi connectivity index (χ2n) is 12.3. The number of hydrogen-bond acceptors (Lipinski definition) is 6. The Labute approximate surface area is 263 Å². The number of ether oxygens (including phenoxy) is 1. The molecule has 9 heteroatoms. The number of amides is 1. The number of likely N-dealkylation sites (N-methyl/N-ethyl adjacent to an activating group) is 1. The normalized spacial score (nSPS) is 31.9. The third kappa shape index (κ3) is 8.35. The van der Waals surface area contributed by atoms with Gasteiger partial charge in [0.15, 0.2) is 6.29 Å². The molecule has 2 aromatic carbocycles. The van der Waals surface area contributed by atoms with Crippen molar-refractivity contribution in [3.63, 3.8) is 0 Å². The first-order valence-corrected chi connectivity index (χ1v) is 16.9. The van der Waals surface area contributed by atoms with Crippen molar-refractivity contribution >= 4 is 34.8 Å². The Morgan fingerprint density at radius 2 is 1.91 bits per heavy atom. The molecule has 1 saturated carbocycles. The molecule has 7 atom stereocenters. The van der Waals surface area contributed by atoms with Crippen molar-refractivity contribution in [1.82, 2.24) is 9.62 Å². The van der Waals surface area contributed by atoms with E-state index in [4.69, 9.17) is 16.3 Å². The fourth-order valence-electron chi connectivity index (χ4n) is 6.21. The highest BCUT2D eigenvalue weighted by molar-refractivity contribution is 7.84. The lowest BCUT2D eigenvalue weighted by atomic mass is 9.64. The second-order valence-corrected chi connectivity index (χ2v) is 14.3. The van der Waals surface area contributed by atoms with E-state index >= 15 is 0 Å². The van der Waals surface area contributed by atoms with E-state index in [0.717, 1.165) is 38.8 Å². The van der Waals surface area contributed by atoms with Crippen LogP contribution in [0.1, 0.15) is 73.9 Å². The van der Waals surface area contributed by atoms with Gasteiger partial charge < -0.3 is 14.7 Å². The topological polar surface area (TPSA) is 95.9 Å². The van der Waals surface area contributed by atoms with Crippen LogP contribution in [0.5, 0.6) is 5.75 Å². The number of nitrogens with one attached hydrogen (secondary N) is 1. The third-order valence-electron chi connectivity index (χ3n) is 9.14. The summed E-state index contributed by atoms with van der Waals surface area (Å²) in [6.45, 7) is 7.81. The number of carbonyl (C=O) groups is 2. The van der Waals surface area contributed by atoms with Crippen LogP contribution in [0.4, 0.5) is 0 Å². The Morgan fingerprint density at radius 3 is 2.56 bits per heavy atom. The van der Waals surface area contributed by atoms with Crippen LogP contribution in [0.25, 0.3) is 0 Å². The summed E-state index contributed by atoms with van der Waals surface area (Å²) in [4.78, 5) is 27.3. The largest absolute Gasteiger partial charge is 0.493 e. The Balaban J connectivity index is 1.64. The Kier molecular flexibility index (Phi) is 11.6. The zero-order chi connectivity index (χ0) is 31.1. The van der Waals surface area contributed by atoms with Gasteiger partial charge in [-0.05, 0) is 105 Å². The van der Waals surface area contributed by atoms with E-state index < -0.39 is 22.5 Å². The number of hydrogen-bond donors (Lipinski definition) is 2. The molecule has 1 fully saturated rings. The monoisotopic (exact) mass is 628 g/mol. The molecule has 7 nitrogen and oxygen atoms in total. The van der Waals surface area contributed by atoms with Crippen LogP contribution in [0.15, 0.2) is 54.6 Å². The van der Waals surface area contributed by atoms with Gasteiger partial charge in [0.05, 0.1) is 11.9 Å². The first-order valence-electron chi connectivity index (χ1n) is 15.3. The molecule has 1 aliphatic carbocycles. The summed E-state index contributed by atoms with van der Waals surface area (Å²) in [5.74, 6) is 0.219. The Hall–Kier alpha value is -2.52. The molecule has 0 radical (unpaired) electrons. The highest BCUT2D eigenvalue weighted by Crippen LogP contribution is 2.42. The molecule has 43 heavy (non-hydrogen) atoms. The van der Waals surface area contributed by atoms with Crippen LogP contribution in [-0.2, 0) is 22.2 Å². The molecule has 1 amide bonds. The Morgan fingerprint density at radius 1 is 1.16 bits per heavy atom. The van der Waals surface area contributed by atoms with Crippen LogP contribution in [0.3, 0.4) is 0 Å². The highest BCUT2D eigenvalue weighted by Gasteiger charge is 2.45. The summed E-state index contributed by atoms with van der Waals surface area (Å²) < 4.78 is 21.9. The average Bonchev–Trinajstić information content (AvgIpc) is 2.97. The molecule has 2 N–H and O–H groups in total. The molecule has 0 spiro atoms. The summed E-state index contributed by atoms with van der Waals surface area (Å²) in [5, 5.41) is 11.7. The molecular formula is C34H45ClN2O5S. The molecule has 2 aromatic rings. The number of allylic oxidation sites excluding steroid dienone is 1. The van der Waals surface area contributed by atoms with Crippen LogP contribution >= 0.6 is 11.6 Å². The quantitative estimate of drug-likeness (QED) is 0.332. The van der Waals surface area contributed by atoms with Crippen LogP contribution < -0.4 is 9.46 Å². The fraction of sp³-hybridized carbons (Fsp3) is 0.529. The zero-order valence-corrected chi connectivity index (χ0v) is 27.2. The summed E-state index contributed by atoms with van der Waals surface area (Å²) in [6.07, 6.45) is 8.23.